The van der Waals surface area contributed by atoms with Gasteiger partial charge >= 0.3 is 0 Å². The lowest BCUT2D eigenvalue weighted by Gasteiger charge is -2.36. The Morgan fingerprint density at radius 2 is 2.20 bits per heavy atom. The number of nitriles is 1. The molecule has 1 aromatic rings. The highest BCUT2D eigenvalue weighted by Gasteiger charge is 2.36. The van der Waals surface area contributed by atoms with Crippen molar-refractivity contribution in [1.82, 2.24) is 5.32 Å². The molecule has 0 heterocycles. The first-order valence-corrected chi connectivity index (χ1v) is 8.93. The predicted octanol–water partition coefficient (Wildman–Crippen LogP) is 4.75. The van der Waals surface area contributed by atoms with Crippen LogP contribution in [0.4, 0.5) is 0 Å². The Balaban J connectivity index is 1.99. The largest absolute Gasteiger partial charge is 0.299 e. The monoisotopic (exact) mass is 352 g/mol. The average molecular weight is 353 g/mol. The van der Waals surface area contributed by atoms with Gasteiger partial charge in [-0.25, -0.2) is 0 Å². The molecule has 0 radical (unpaired) electrons. The van der Waals surface area contributed by atoms with E-state index < -0.39 is 0 Å². The van der Waals surface area contributed by atoms with E-state index in [0.29, 0.717) is 5.25 Å². The summed E-state index contributed by atoms with van der Waals surface area (Å²) in [5.74, 6) is 0. The van der Waals surface area contributed by atoms with Crippen LogP contribution in [-0.2, 0) is 0 Å². The van der Waals surface area contributed by atoms with E-state index in [2.05, 4.69) is 58.5 Å². The molecular weight excluding hydrogens is 332 g/mol. The number of nitrogens with one attached hydrogen (secondary N) is 1. The second-order valence-corrected chi connectivity index (χ2v) is 7.70. The molecule has 1 aliphatic carbocycles. The van der Waals surface area contributed by atoms with E-state index in [9.17, 15) is 5.26 Å². The Bertz CT molecular complexity index is 468. The lowest BCUT2D eigenvalue weighted by atomic mass is 9.82. The minimum atomic E-state index is -0.304. The van der Waals surface area contributed by atoms with Crippen molar-refractivity contribution in [3.8, 4) is 6.07 Å². The van der Waals surface area contributed by atoms with Crippen molar-refractivity contribution in [2.75, 3.05) is 6.54 Å². The van der Waals surface area contributed by atoms with Crippen molar-refractivity contribution < 1.29 is 0 Å². The van der Waals surface area contributed by atoms with Gasteiger partial charge in [0.1, 0.15) is 5.54 Å². The second-order valence-electron chi connectivity index (χ2n) is 5.41. The van der Waals surface area contributed by atoms with Gasteiger partial charge < -0.3 is 0 Å². The zero-order valence-electron chi connectivity index (χ0n) is 11.9. The van der Waals surface area contributed by atoms with E-state index in [1.54, 1.807) is 0 Å². The zero-order valence-corrected chi connectivity index (χ0v) is 14.3. The molecule has 2 atom stereocenters. The summed E-state index contributed by atoms with van der Waals surface area (Å²) in [6.45, 7) is 3.08. The smallest absolute Gasteiger partial charge is 0.107 e. The maximum Gasteiger partial charge on any atom is 0.107 e. The fraction of sp³-hybridized carbons (Fsp3) is 0.562. The van der Waals surface area contributed by atoms with Crippen LogP contribution in [0, 0.1) is 11.3 Å². The lowest BCUT2D eigenvalue weighted by Crippen LogP contribution is -2.48. The summed E-state index contributed by atoms with van der Waals surface area (Å²) in [6, 6.07) is 11.0. The summed E-state index contributed by atoms with van der Waals surface area (Å²) in [4.78, 5) is 1.29. The van der Waals surface area contributed by atoms with Gasteiger partial charge in [0, 0.05) is 14.6 Å². The number of nitrogens with zero attached hydrogens (tertiary/aromatic N) is 1. The zero-order chi connectivity index (χ0) is 14.4. The molecule has 2 unspecified atom stereocenters. The third kappa shape index (κ3) is 4.25. The highest BCUT2D eigenvalue weighted by Crippen LogP contribution is 2.38. The van der Waals surface area contributed by atoms with Gasteiger partial charge in [-0.1, -0.05) is 22.9 Å². The summed E-state index contributed by atoms with van der Waals surface area (Å²) >= 11 is 5.38. The lowest BCUT2D eigenvalue weighted by molar-refractivity contribution is 0.305. The highest BCUT2D eigenvalue weighted by molar-refractivity contribution is 9.10. The standard InChI is InChI=1S/C16H21BrN2S/c1-2-10-19-16(12-18)9-3-4-15(11-16)20-14-7-5-13(17)6-8-14/h5-8,15,19H,2-4,9-11H2,1H3. The summed E-state index contributed by atoms with van der Waals surface area (Å²) < 4.78 is 1.11. The third-order valence-corrected chi connectivity index (χ3v) is 5.56. The van der Waals surface area contributed by atoms with Crippen molar-refractivity contribution >= 4 is 27.7 Å². The van der Waals surface area contributed by atoms with Crippen LogP contribution in [0.5, 0.6) is 0 Å². The molecule has 0 amide bonds. The first kappa shape index (κ1) is 15.9. The van der Waals surface area contributed by atoms with Crippen molar-refractivity contribution in [2.24, 2.45) is 0 Å². The number of hydrogen-bond acceptors (Lipinski definition) is 3. The summed E-state index contributed by atoms with van der Waals surface area (Å²) in [5.41, 5.74) is -0.304. The highest BCUT2D eigenvalue weighted by atomic mass is 79.9. The minimum Gasteiger partial charge on any atom is -0.299 e. The molecule has 2 nitrogen and oxygen atoms in total. The minimum absolute atomic E-state index is 0.304. The molecule has 0 aliphatic heterocycles. The van der Waals surface area contributed by atoms with Crippen LogP contribution >= 0.6 is 27.7 Å². The molecule has 1 aliphatic rings. The third-order valence-electron chi connectivity index (χ3n) is 3.75. The van der Waals surface area contributed by atoms with Crippen LogP contribution in [-0.4, -0.2) is 17.3 Å². The van der Waals surface area contributed by atoms with Crippen molar-refractivity contribution in [3.05, 3.63) is 28.7 Å². The molecule has 1 N–H and O–H groups in total. The van der Waals surface area contributed by atoms with Gasteiger partial charge in [-0.05, 0) is 62.9 Å². The van der Waals surface area contributed by atoms with Gasteiger partial charge in [-0.3, -0.25) is 5.32 Å². The number of rotatable bonds is 5. The van der Waals surface area contributed by atoms with Crippen LogP contribution in [0.25, 0.3) is 0 Å². The molecule has 0 aromatic heterocycles. The van der Waals surface area contributed by atoms with Gasteiger partial charge in [0.25, 0.3) is 0 Å². The van der Waals surface area contributed by atoms with E-state index in [-0.39, 0.29) is 5.54 Å². The predicted molar refractivity (Wildman–Crippen MR) is 88.9 cm³/mol. The topological polar surface area (TPSA) is 35.8 Å². The maximum atomic E-state index is 9.56. The number of thioether (sulfide) groups is 1. The Morgan fingerprint density at radius 3 is 2.85 bits per heavy atom. The first-order chi connectivity index (χ1) is 9.67. The van der Waals surface area contributed by atoms with Crippen molar-refractivity contribution in [2.45, 2.75) is 54.7 Å². The molecule has 4 heteroatoms. The van der Waals surface area contributed by atoms with Crippen LogP contribution < -0.4 is 5.32 Å². The van der Waals surface area contributed by atoms with Crippen LogP contribution in [0.15, 0.2) is 33.6 Å². The maximum absolute atomic E-state index is 9.56. The second kappa shape index (κ2) is 7.49. The van der Waals surface area contributed by atoms with Crippen LogP contribution in [0.1, 0.15) is 39.0 Å². The molecular formula is C16H21BrN2S. The molecule has 1 fully saturated rings. The van der Waals surface area contributed by atoms with Gasteiger partial charge in [0.2, 0.25) is 0 Å². The molecule has 0 bridgehead atoms. The van der Waals surface area contributed by atoms with Crippen LogP contribution in [0.2, 0.25) is 0 Å². The van der Waals surface area contributed by atoms with E-state index in [0.717, 1.165) is 36.7 Å². The molecule has 2 rings (SSSR count). The van der Waals surface area contributed by atoms with Crippen molar-refractivity contribution in [1.29, 1.82) is 5.26 Å². The van der Waals surface area contributed by atoms with E-state index >= 15 is 0 Å². The first-order valence-electron chi connectivity index (χ1n) is 7.26. The Hall–Kier alpha value is -0.500. The Labute approximate surface area is 134 Å². The SMILES string of the molecule is CCCNC1(C#N)CCCC(Sc2ccc(Br)cc2)C1. The fourth-order valence-corrected chi connectivity index (χ4v) is 4.29. The molecule has 0 spiro atoms. The van der Waals surface area contributed by atoms with E-state index in [1.807, 2.05) is 11.8 Å². The number of halogens is 1. The van der Waals surface area contributed by atoms with Gasteiger partial charge in [0.15, 0.2) is 0 Å². The van der Waals surface area contributed by atoms with E-state index in [4.69, 9.17) is 0 Å². The Morgan fingerprint density at radius 1 is 1.45 bits per heavy atom. The molecule has 108 valence electrons. The van der Waals surface area contributed by atoms with Gasteiger partial charge in [0.05, 0.1) is 6.07 Å². The molecule has 0 saturated heterocycles. The fourth-order valence-electron chi connectivity index (χ4n) is 2.70. The van der Waals surface area contributed by atoms with Crippen LogP contribution in [0.3, 0.4) is 0 Å². The average Bonchev–Trinajstić information content (AvgIpc) is 2.48. The normalized spacial score (nSPS) is 26.1. The molecule has 1 aromatic carbocycles. The molecule has 1 saturated carbocycles. The van der Waals surface area contributed by atoms with Gasteiger partial charge in [-0.15, -0.1) is 11.8 Å². The quantitative estimate of drug-likeness (QED) is 0.830. The van der Waals surface area contributed by atoms with Crippen molar-refractivity contribution in [3.63, 3.8) is 0 Å². The Kier molecular flexibility index (Phi) is 5.95. The molecule has 20 heavy (non-hydrogen) atoms. The summed E-state index contributed by atoms with van der Waals surface area (Å²) in [5, 5.41) is 13.6. The number of hydrogen-bond donors (Lipinski definition) is 1. The summed E-state index contributed by atoms with van der Waals surface area (Å²) in [6.07, 6.45) is 5.36. The summed E-state index contributed by atoms with van der Waals surface area (Å²) in [7, 11) is 0. The van der Waals surface area contributed by atoms with E-state index in [1.165, 1.54) is 11.3 Å². The van der Waals surface area contributed by atoms with Gasteiger partial charge in [-0.2, -0.15) is 5.26 Å². The number of benzene rings is 1.